The summed E-state index contributed by atoms with van der Waals surface area (Å²) >= 11 is 0. The molecule has 2 saturated heterocycles. The van der Waals surface area contributed by atoms with Crippen LogP contribution in [0.5, 0.6) is 0 Å². The van der Waals surface area contributed by atoms with E-state index in [1.54, 1.807) is 7.05 Å². The van der Waals surface area contributed by atoms with Crippen LogP contribution < -0.4 is 5.73 Å². The standard InChI is InChI=1S/C17H26N6O4/c1-4-27-10-9-23-12-14(20(2)17(26)21(3)15(12)25)19-16(23)22-7-5-11(6-8-22)13(18)24/h11-12H,4-10H2,1-3H3,(H-,18,24)/p+1. The summed E-state index contributed by atoms with van der Waals surface area (Å²) < 4.78 is 7.54. The van der Waals surface area contributed by atoms with Gasteiger partial charge in [-0.2, -0.15) is 0 Å². The molecule has 0 aromatic carbocycles. The number of rotatable bonds is 5. The number of fused-ring (bicyclic) bond motifs is 1. The maximum Gasteiger partial charge on any atom is 0.392 e. The van der Waals surface area contributed by atoms with Gasteiger partial charge < -0.3 is 10.5 Å². The van der Waals surface area contributed by atoms with Gasteiger partial charge in [-0.1, -0.05) is 4.99 Å². The van der Waals surface area contributed by atoms with E-state index < -0.39 is 12.1 Å². The van der Waals surface area contributed by atoms with Crippen molar-refractivity contribution in [1.82, 2.24) is 14.7 Å². The van der Waals surface area contributed by atoms with Gasteiger partial charge in [0.05, 0.1) is 26.2 Å². The van der Waals surface area contributed by atoms with Gasteiger partial charge in [-0.05, 0) is 19.8 Å². The zero-order chi connectivity index (χ0) is 19.7. The summed E-state index contributed by atoms with van der Waals surface area (Å²) in [5.41, 5.74) is 5.42. The van der Waals surface area contributed by atoms with E-state index >= 15 is 0 Å². The Balaban J connectivity index is 1.92. The Morgan fingerprint density at radius 1 is 1.26 bits per heavy atom. The molecule has 10 nitrogen and oxygen atoms in total. The number of urea groups is 1. The minimum atomic E-state index is -0.637. The minimum absolute atomic E-state index is 0.132. The number of guanidine groups is 1. The first-order chi connectivity index (χ1) is 12.9. The fourth-order valence-electron chi connectivity index (χ4n) is 3.74. The molecule has 0 bridgehead atoms. The first kappa shape index (κ1) is 19.3. The topological polar surface area (TPSA) is 112 Å². The van der Waals surface area contributed by atoms with E-state index in [-0.39, 0.29) is 17.7 Å². The van der Waals surface area contributed by atoms with Gasteiger partial charge in [0.1, 0.15) is 0 Å². The molecule has 3 heterocycles. The zero-order valence-electron chi connectivity index (χ0n) is 16.1. The monoisotopic (exact) mass is 379 g/mol. The Bertz CT molecular complexity index is 708. The first-order valence-electron chi connectivity index (χ1n) is 9.26. The summed E-state index contributed by atoms with van der Waals surface area (Å²) in [6.07, 6.45) is 1.30. The van der Waals surface area contributed by atoms with E-state index in [4.69, 9.17) is 10.5 Å². The largest absolute Gasteiger partial charge is 0.392 e. The van der Waals surface area contributed by atoms with Crippen molar-refractivity contribution in [1.29, 1.82) is 0 Å². The summed E-state index contributed by atoms with van der Waals surface area (Å²) in [5, 5.41) is 0. The lowest BCUT2D eigenvalue weighted by molar-refractivity contribution is -0.545. The van der Waals surface area contributed by atoms with Crippen molar-refractivity contribution >= 4 is 29.6 Å². The number of piperidine rings is 1. The normalized spacial score (nSPS) is 25.9. The highest BCUT2D eigenvalue weighted by molar-refractivity contribution is 6.25. The number of ether oxygens (including phenoxy) is 1. The van der Waals surface area contributed by atoms with Gasteiger partial charge in [0.25, 0.3) is 5.91 Å². The number of imide groups is 1. The number of nitrogens with two attached hydrogens (primary N) is 1. The molecule has 0 saturated carbocycles. The van der Waals surface area contributed by atoms with Gasteiger partial charge in [-0.3, -0.25) is 24.0 Å². The highest BCUT2D eigenvalue weighted by atomic mass is 16.5. The van der Waals surface area contributed by atoms with Crippen LogP contribution in [0.15, 0.2) is 4.99 Å². The molecule has 0 aromatic heterocycles. The molecule has 0 aromatic rings. The number of primary amides is 1. The summed E-state index contributed by atoms with van der Waals surface area (Å²) in [6.45, 7) is 4.68. The minimum Gasteiger partial charge on any atom is -0.378 e. The molecule has 0 spiro atoms. The Kier molecular flexibility index (Phi) is 5.45. The van der Waals surface area contributed by atoms with Crippen LogP contribution in [-0.4, -0.2) is 102 Å². The lowest BCUT2D eigenvalue weighted by atomic mass is 9.97. The fraction of sp³-hybridized carbons (Fsp3) is 0.706. The van der Waals surface area contributed by atoms with Gasteiger partial charge in [0.15, 0.2) is 0 Å². The Hall–Kier alpha value is -2.49. The summed E-state index contributed by atoms with van der Waals surface area (Å²) in [4.78, 5) is 45.6. The van der Waals surface area contributed by atoms with Crippen LogP contribution in [0.3, 0.4) is 0 Å². The Morgan fingerprint density at radius 3 is 2.52 bits per heavy atom. The van der Waals surface area contributed by atoms with Crippen LogP contribution >= 0.6 is 0 Å². The van der Waals surface area contributed by atoms with E-state index in [9.17, 15) is 14.4 Å². The molecule has 0 radical (unpaired) electrons. The van der Waals surface area contributed by atoms with Crippen molar-refractivity contribution < 1.29 is 23.7 Å². The van der Waals surface area contributed by atoms with E-state index in [0.717, 1.165) is 4.90 Å². The third-order valence-electron chi connectivity index (χ3n) is 5.37. The second kappa shape index (κ2) is 7.63. The van der Waals surface area contributed by atoms with E-state index in [0.29, 0.717) is 57.5 Å². The molecule has 1 unspecified atom stereocenters. The molecule has 27 heavy (non-hydrogen) atoms. The Morgan fingerprint density at radius 2 is 1.93 bits per heavy atom. The maximum absolute atomic E-state index is 12.8. The van der Waals surface area contributed by atoms with Gasteiger partial charge in [-0.15, -0.1) is 0 Å². The van der Waals surface area contributed by atoms with Crippen molar-refractivity contribution in [3.8, 4) is 0 Å². The quantitative estimate of drug-likeness (QED) is 0.481. The molecule has 10 heteroatoms. The number of hydrogen-bond acceptors (Lipinski definition) is 4. The SMILES string of the molecule is CCOCCN1C(=[N+]2CCC(C(N)=O)CC2)N=C2C1C(=O)N(C)C(=O)N2C. The number of carbonyl (C=O) groups excluding carboxylic acids is 3. The smallest absolute Gasteiger partial charge is 0.378 e. The third-order valence-corrected chi connectivity index (χ3v) is 5.37. The molecule has 3 aliphatic rings. The van der Waals surface area contributed by atoms with Crippen molar-refractivity contribution in [3.05, 3.63) is 0 Å². The van der Waals surface area contributed by atoms with Crippen LogP contribution in [0.4, 0.5) is 4.79 Å². The number of likely N-dealkylation sites (N-methyl/N-ethyl adjacent to an activating group) is 2. The number of hydrogen-bond donors (Lipinski definition) is 1. The second-order valence-corrected chi connectivity index (χ2v) is 6.97. The number of amidine groups is 1. The molecule has 3 rings (SSSR count). The Labute approximate surface area is 158 Å². The van der Waals surface area contributed by atoms with Crippen LogP contribution in [-0.2, 0) is 14.3 Å². The van der Waals surface area contributed by atoms with E-state index in [2.05, 4.69) is 9.57 Å². The van der Waals surface area contributed by atoms with Crippen LogP contribution in [0.25, 0.3) is 0 Å². The van der Waals surface area contributed by atoms with Crippen LogP contribution in [0.2, 0.25) is 0 Å². The van der Waals surface area contributed by atoms with Gasteiger partial charge in [0.2, 0.25) is 17.8 Å². The predicted octanol–water partition coefficient (Wildman–Crippen LogP) is -1.11. The van der Waals surface area contributed by atoms with Crippen molar-refractivity contribution in [2.45, 2.75) is 25.8 Å². The van der Waals surface area contributed by atoms with Crippen molar-refractivity contribution in [2.75, 3.05) is 46.9 Å². The predicted molar refractivity (Wildman–Crippen MR) is 97.3 cm³/mol. The molecule has 0 aliphatic carbocycles. The zero-order valence-corrected chi connectivity index (χ0v) is 16.1. The van der Waals surface area contributed by atoms with Crippen molar-refractivity contribution in [3.63, 3.8) is 0 Å². The third kappa shape index (κ3) is 3.41. The number of carbonyl (C=O) groups is 3. The average molecular weight is 379 g/mol. The molecule has 3 aliphatic heterocycles. The highest BCUT2D eigenvalue weighted by Gasteiger charge is 2.55. The molecule has 1 atom stereocenters. The van der Waals surface area contributed by atoms with E-state index in [1.807, 2.05) is 11.8 Å². The van der Waals surface area contributed by atoms with Gasteiger partial charge in [-0.25, -0.2) is 9.69 Å². The van der Waals surface area contributed by atoms with Gasteiger partial charge in [0, 0.05) is 26.6 Å². The fourth-order valence-corrected chi connectivity index (χ4v) is 3.74. The second-order valence-electron chi connectivity index (χ2n) is 6.97. The van der Waals surface area contributed by atoms with Crippen LogP contribution in [0.1, 0.15) is 19.8 Å². The summed E-state index contributed by atoms with van der Waals surface area (Å²) in [6, 6.07) is -1.03. The lowest BCUT2D eigenvalue weighted by Crippen LogP contribution is -2.63. The summed E-state index contributed by atoms with van der Waals surface area (Å²) in [7, 11) is 3.11. The van der Waals surface area contributed by atoms with Crippen LogP contribution in [0, 0.1) is 5.92 Å². The number of nitrogens with zero attached hydrogens (tertiary/aromatic N) is 5. The highest BCUT2D eigenvalue weighted by Crippen LogP contribution is 2.24. The lowest BCUT2D eigenvalue weighted by Gasteiger charge is -2.33. The molecular weight excluding hydrogens is 352 g/mol. The van der Waals surface area contributed by atoms with Crippen molar-refractivity contribution in [2.24, 2.45) is 16.6 Å². The maximum atomic E-state index is 12.8. The molecule has 4 amide bonds. The number of aliphatic imine (C=N–C) groups is 1. The summed E-state index contributed by atoms with van der Waals surface area (Å²) in [5.74, 6) is 0.386. The number of amides is 4. The molecule has 2 N–H and O–H groups in total. The first-order valence-corrected chi connectivity index (χ1v) is 9.26. The molecular formula is C17H27N6O4+. The molecule has 148 valence electrons. The van der Waals surface area contributed by atoms with Gasteiger partial charge >= 0.3 is 12.0 Å². The molecule has 2 fully saturated rings. The van der Waals surface area contributed by atoms with E-state index in [1.165, 1.54) is 11.9 Å². The average Bonchev–Trinajstić information content (AvgIpc) is 3.04.